The Morgan fingerprint density at radius 3 is 1.45 bits per heavy atom. The van der Waals surface area contributed by atoms with Crippen molar-refractivity contribution in [1.82, 2.24) is 0 Å². The van der Waals surface area contributed by atoms with Crippen molar-refractivity contribution in [2.75, 3.05) is 0 Å². The molecule has 0 atom stereocenters. The zero-order valence-electron chi connectivity index (χ0n) is 17.1. The minimum atomic E-state index is -0.355. The number of hydrogen-bond acceptors (Lipinski definition) is 4. The third kappa shape index (κ3) is 9.83. The van der Waals surface area contributed by atoms with Gasteiger partial charge in [-0.1, -0.05) is 29.6 Å². The monoisotopic (exact) mass is 620 g/mol. The summed E-state index contributed by atoms with van der Waals surface area (Å²) in [4.78, 5) is 8.46. The first-order valence-corrected chi connectivity index (χ1v) is 11.1. The van der Waals surface area contributed by atoms with Crippen LogP contribution >= 0.6 is 57.5 Å². The third-order valence-electron chi connectivity index (χ3n) is 4.05. The van der Waals surface area contributed by atoms with Gasteiger partial charge in [0.1, 0.15) is 17.5 Å². The number of benzene rings is 3. The molecule has 0 saturated heterocycles. The Morgan fingerprint density at radius 2 is 1.00 bits per heavy atom. The van der Waals surface area contributed by atoms with Crippen LogP contribution < -0.4 is 11.5 Å². The van der Waals surface area contributed by atoms with Gasteiger partial charge >= 0.3 is 0 Å². The average Bonchev–Trinajstić information content (AvgIpc) is 2.75. The first kappa shape index (κ1) is 29.1. The van der Waals surface area contributed by atoms with Gasteiger partial charge in [0.15, 0.2) is 10.3 Å². The van der Waals surface area contributed by atoms with Gasteiger partial charge in [-0.3, -0.25) is 0 Å². The van der Waals surface area contributed by atoms with E-state index < -0.39 is 0 Å². The van der Waals surface area contributed by atoms with Crippen molar-refractivity contribution in [2.45, 2.75) is 11.5 Å². The summed E-state index contributed by atoms with van der Waals surface area (Å²) in [7, 11) is 0. The molecule has 176 valence electrons. The summed E-state index contributed by atoms with van der Waals surface area (Å²) in [5.74, 6) is -0.178. The lowest BCUT2D eigenvalue weighted by atomic mass is 10.1. The summed E-state index contributed by atoms with van der Waals surface area (Å²) < 4.78 is 39.8. The summed E-state index contributed by atoms with van der Waals surface area (Å²) in [6.45, 7) is 0. The first-order chi connectivity index (χ1) is 14.9. The van der Waals surface area contributed by atoms with Crippen LogP contribution in [0.5, 0.6) is 0 Å². The molecule has 33 heavy (non-hydrogen) atoms. The number of hydrogen-bond donors (Lipinski definition) is 2. The van der Waals surface area contributed by atoms with E-state index in [1.807, 2.05) is 0 Å². The van der Waals surface area contributed by atoms with Crippen LogP contribution in [0.3, 0.4) is 0 Å². The van der Waals surface area contributed by atoms with Gasteiger partial charge in [-0.15, -0.1) is 34.0 Å². The molecule has 0 spiro atoms. The maximum absolute atomic E-state index is 13.8. The van der Waals surface area contributed by atoms with Crippen molar-refractivity contribution in [3.05, 3.63) is 95.3 Å². The van der Waals surface area contributed by atoms with E-state index in [1.165, 1.54) is 84.2 Å². The zero-order valence-corrected chi connectivity index (χ0v) is 22.1. The second kappa shape index (κ2) is 14.3. The molecule has 4 nitrogen and oxygen atoms in total. The molecule has 0 fully saturated rings. The minimum absolute atomic E-state index is 0. The van der Waals surface area contributed by atoms with Gasteiger partial charge in [-0.05, 0) is 71.8 Å². The summed E-state index contributed by atoms with van der Waals surface area (Å²) in [6.07, 6.45) is 0. The topological polar surface area (TPSA) is 76.8 Å². The second-order valence-corrected chi connectivity index (χ2v) is 8.33. The highest BCUT2D eigenvalue weighted by Gasteiger charge is 2.08. The lowest BCUT2D eigenvalue weighted by Gasteiger charge is -2.09. The third-order valence-corrected chi connectivity index (χ3v) is 5.74. The molecule has 0 saturated carbocycles. The number of aliphatic imine (C=N–C) groups is 2. The van der Waals surface area contributed by atoms with E-state index in [4.69, 9.17) is 11.5 Å². The summed E-state index contributed by atoms with van der Waals surface area (Å²) in [5.41, 5.74) is 14.6. The van der Waals surface area contributed by atoms with Gasteiger partial charge in [0.25, 0.3) is 0 Å². The highest BCUT2D eigenvalue weighted by atomic mass is 79.9. The van der Waals surface area contributed by atoms with E-state index in [2.05, 4.69) is 9.98 Å². The van der Waals surface area contributed by atoms with E-state index in [1.54, 1.807) is 6.07 Å². The SMILES string of the molecule is Br.Br.NC(=Nc1ccc(F)cc1)SCc1ccc(F)cc1CSC(N)=Nc1ccc(F)cc1. The Morgan fingerprint density at radius 1 is 0.606 bits per heavy atom. The summed E-state index contributed by atoms with van der Waals surface area (Å²) in [6, 6.07) is 15.9. The fourth-order valence-corrected chi connectivity index (χ4v) is 4.02. The molecule has 3 rings (SSSR count). The van der Waals surface area contributed by atoms with Crippen LogP contribution in [-0.2, 0) is 11.5 Å². The van der Waals surface area contributed by atoms with Crippen molar-refractivity contribution in [3.63, 3.8) is 0 Å². The van der Waals surface area contributed by atoms with Gasteiger partial charge in [0.2, 0.25) is 0 Å². The van der Waals surface area contributed by atoms with Crippen molar-refractivity contribution >= 4 is 79.2 Å². The van der Waals surface area contributed by atoms with Crippen LogP contribution in [0.2, 0.25) is 0 Å². The molecule has 4 N–H and O–H groups in total. The first-order valence-electron chi connectivity index (χ1n) is 9.11. The number of rotatable bonds is 6. The molecule has 0 aliphatic heterocycles. The van der Waals surface area contributed by atoms with E-state index in [0.29, 0.717) is 28.0 Å². The Kier molecular flexibility index (Phi) is 12.6. The molecular weight excluding hydrogens is 601 g/mol. The quantitative estimate of drug-likeness (QED) is 0.229. The number of nitrogens with zero attached hydrogens (tertiary/aromatic N) is 2. The highest BCUT2D eigenvalue weighted by Crippen LogP contribution is 2.24. The normalized spacial score (nSPS) is 11.5. The molecule has 0 unspecified atom stereocenters. The van der Waals surface area contributed by atoms with Gasteiger partial charge < -0.3 is 11.5 Å². The largest absolute Gasteiger partial charge is 0.378 e. The number of thioether (sulfide) groups is 2. The van der Waals surface area contributed by atoms with Gasteiger partial charge in [-0.2, -0.15) is 0 Å². The Balaban J connectivity index is 0.00000272. The highest BCUT2D eigenvalue weighted by molar-refractivity contribution is 8.93. The molecule has 3 aromatic carbocycles. The molecule has 11 heteroatoms. The number of amidine groups is 2. The Hall–Kier alpha value is -1.95. The molecule has 0 aliphatic rings. The van der Waals surface area contributed by atoms with Crippen molar-refractivity contribution < 1.29 is 13.2 Å². The van der Waals surface area contributed by atoms with E-state index in [-0.39, 0.29) is 56.6 Å². The van der Waals surface area contributed by atoms with Crippen molar-refractivity contribution in [1.29, 1.82) is 0 Å². The number of nitrogens with two attached hydrogens (primary N) is 2. The Labute approximate surface area is 219 Å². The number of halogens is 5. The fourth-order valence-electron chi connectivity index (χ4n) is 2.52. The van der Waals surface area contributed by atoms with Gasteiger partial charge in [0, 0.05) is 11.5 Å². The lowest BCUT2D eigenvalue weighted by Crippen LogP contribution is -2.08. The molecule has 0 aromatic heterocycles. The molecular formula is C22H21Br2F3N4S2. The van der Waals surface area contributed by atoms with Crippen LogP contribution in [0.25, 0.3) is 0 Å². The Bertz CT molecular complexity index is 1100. The molecule has 0 bridgehead atoms. The molecule has 0 radical (unpaired) electrons. The van der Waals surface area contributed by atoms with Crippen LogP contribution in [0.4, 0.5) is 24.5 Å². The van der Waals surface area contributed by atoms with Crippen LogP contribution in [0.15, 0.2) is 76.7 Å². The molecule has 0 aliphatic carbocycles. The average molecular weight is 622 g/mol. The van der Waals surface area contributed by atoms with Gasteiger partial charge in [0.05, 0.1) is 11.4 Å². The van der Waals surface area contributed by atoms with Gasteiger partial charge in [-0.25, -0.2) is 23.2 Å². The maximum atomic E-state index is 13.8. The smallest absolute Gasteiger partial charge is 0.159 e. The second-order valence-electron chi connectivity index (χ2n) is 6.34. The molecule has 0 heterocycles. The standard InChI is InChI=1S/C22H19F3N4S2.2BrH/c23-16-3-7-19(8-4-16)28-21(26)30-12-14-1-2-18(25)11-15(14)13-31-22(27)29-20-9-5-17(24)6-10-20;;/h1-11H,12-13H2,(H2,26,28)(H2,27,29);2*1H. The van der Waals surface area contributed by atoms with Crippen molar-refractivity contribution in [2.24, 2.45) is 21.5 Å². The fraction of sp³-hybridized carbons (Fsp3) is 0.0909. The summed E-state index contributed by atoms with van der Waals surface area (Å²) >= 11 is 2.54. The van der Waals surface area contributed by atoms with Crippen LogP contribution in [-0.4, -0.2) is 10.3 Å². The predicted octanol–water partition coefficient (Wildman–Crippen LogP) is 7.02. The maximum Gasteiger partial charge on any atom is 0.159 e. The van der Waals surface area contributed by atoms with E-state index in [0.717, 1.165) is 11.1 Å². The summed E-state index contributed by atoms with van der Waals surface area (Å²) in [5, 5.41) is 0.596. The predicted molar refractivity (Wildman–Crippen MR) is 145 cm³/mol. The van der Waals surface area contributed by atoms with E-state index in [9.17, 15) is 13.2 Å². The van der Waals surface area contributed by atoms with E-state index >= 15 is 0 Å². The van der Waals surface area contributed by atoms with Crippen molar-refractivity contribution in [3.8, 4) is 0 Å². The zero-order chi connectivity index (χ0) is 22.2. The van der Waals surface area contributed by atoms with Crippen LogP contribution in [0, 0.1) is 17.5 Å². The van der Waals surface area contributed by atoms with Crippen LogP contribution in [0.1, 0.15) is 11.1 Å². The molecule has 3 aromatic rings. The molecule has 0 amide bonds. The lowest BCUT2D eigenvalue weighted by molar-refractivity contribution is 0.625. The minimum Gasteiger partial charge on any atom is -0.378 e.